The first kappa shape index (κ1) is 20.0. The van der Waals surface area contributed by atoms with E-state index in [2.05, 4.69) is 10.3 Å². The quantitative estimate of drug-likeness (QED) is 0.742. The summed E-state index contributed by atoms with van der Waals surface area (Å²) < 4.78 is 5.28. The van der Waals surface area contributed by atoms with Crippen LogP contribution in [0.2, 0.25) is 0 Å². The number of nitrogens with one attached hydrogen (secondary N) is 1. The van der Waals surface area contributed by atoms with E-state index in [1.165, 1.54) is 0 Å². The molecule has 28 heavy (non-hydrogen) atoms. The Kier molecular flexibility index (Phi) is 5.79. The Labute approximate surface area is 165 Å². The minimum absolute atomic E-state index is 0.128. The SMILES string of the molecule is COc1ccnc(-c2nc3c(c(N(C)CC(=O)NC(C)(C)CO)n2)CCC3)c1. The van der Waals surface area contributed by atoms with Crippen molar-refractivity contribution in [1.82, 2.24) is 20.3 Å². The molecular formula is C20H27N5O3. The predicted octanol–water partition coefficient (Wildman–Crippen LogP) is 1.36. The minimum Gasteiger partial charge on any atom is -0.497 e. The van der Waals surface area contributed by atoms with Gasteiger partial charge in [0.15, 0.2) is 5.82 Å². The van der Waals surface area contributed by atoms with Gasteiger partial charge in [0, 0.05) is 30.6 Å². The van der Waals surface area contributed by atoms with Crippen molar-refractivity contribution >= 4 is 11.7 Å². The van der Waals surface area contributed by atoms with E-state index < -0.39 is 5.54 Å². The zero-order valence-corrected chi connectivity index (χ0v) is 16.8. The molecule has 1 aliphatic rings. The molecule has 1 amide bonds. The Morgan fingerprint density at radius 2 is 2.14 bits per heavy atom. The number of pyridine rings is 1. The number of methoxy groups -OCH3 is 1. The number of ether oxygens (including phenoxy) is 1. The fourth-order valence-corrected chi connectivity index (χ4v) is 3.25. The Hall–Kier alpha value is -2.74. The van der Waals surface area contributed by atoms with Crippen LogP contribution in [0.1, 0.15) is 31.5 Å². The lowest BCUT2D eigenvalue weighted by atomic mass is 10.1. The van der Waals surface area contributed by atoms with Crippen molar-refractivity contribution < 1.29 is 14.6 Å². The first-order chi connectivity index (χ1) is 13.3. The Balaban J connectivity index is 1.90. The minimum atomic E-state index is -0.665. The van der Waals surface area contributed by atoms with Gasteiger partial charge in [-0.1, -0.05) is 0 Å². The molecule has 0 fully saturated rings. The number of fused-ring (bicyclic) bond motifs is 1. The average Bonchev–Trinajstić information content (AvgIpc) is 3.15. The van der Waals surface area contributed by atoms with Crippen molar-refractivity contribution in [2.24, 2.45) is 0 Å². The van der Waals surface area contributed by atoms with Crippen LogP contribution in [0.15, 0.2) is 18.3 Å². The number of likely N-dealkylation sites (N-methyl/N-ethyl adjacent to an activating group) is 1. The molecule has 0 saturated carbocycles. The third kappa shape index (κ3) is 4.39. The molecule has 8 heteroatoms. The van der Waals surface area contributed by atoms with Crippen molar-refractivity contribution in [2.45, 2.75) is 38.6 Å². The van der Waals surface area contributed by atoms with Crippen LogP contribution in [0, 0.1) is 0 Å². The number of amides is 1. The molecule has 0 radical (unpaired) electrons. The van der Waals surface area contributed by atoms with Crippen LogP contribution >= 0.6 is 0 Å². The first-order valence-corrected chi connectivity index (χ1v) is 9.36. The van der Waals surface area contributed by atoms with Crippen LogP contribution in [-0.2, 0) is 17.6 Å². The van der Waals surface area contributed by atoms with E-state index >= 15 is 0 Å². The lowest BCUT2D eigenvalue weighted by Crippen LogP contribution is -2.49. The van der Waals surface area contributed by atoms with Gasteiger partial charge in [0.05, 0.1) is 25.8 Å². The molecular weight excluding hydrogens is 358 g/mol. The molecule has 8 nitrogen and oxygen atoms in total. The molecule has 0 aliphatic heterocycles. The number of aryl methyl sites for hydroxylation is 1. The molecule has 0 atom stereocenters. The summed E-state index contributed by atoms with van der Waals surface area (Å²) in [6.45, 7) is 3.56. The number of aromatic nitrogens is 3. The van der Waals surface area contributed by atoms with E-state index in [1.807, 2.05) is 11.9 Å². The summed E-state index contributed by atoms with van der Waals surface area (Å²) >= 11 is 0. The average molecular weight is 385 g/mol. The van der Waals surface area contributed by atoms with Crippen LogP contribution in [0.4, 0.5) is 5.82 Å². The molecule has 0 saturated heterocycles. The van der Waals surface area contributed by atoms with E-state index in [4.69, 9.17) is 14.7 Å². The zero-order chi connectivity index (χ0) is 20.3. The second-order valence-electron chi connectivity index (χ2n) is 7.68. The monoisotopic (exact) mass is 385 g/mol. The predicted molar refractivity (Wildman–Crippen MR) is 106 cm³/mol. The summed E-state index contributed by atoms with van der Waals surface area (Å²) in [5, 5.41) is 12.2. The number of hydrogen-bond acceptors (Lipinski definition) is 7. The number of anilines is 1. The van der Waals surface area contributed by atoms with Gasteiger partial charge in [-0.25, -0.2) is 9.97 Å². The van der Waals surface area contributed by atoms with Gasteiger partial charge in [0.2, 0.25) is 5.91 Å². The van der Waals surface area contributed by atoms with E-state index in [1.54, 1.807) is 39.3 Å². The highest BCUT2D eigenvalue weighted by Gasteiger charge is 2.25. The smallest absolute Gasteiger partial charge is 0.240 e. The van der Waals surface area contributed by atoms with Crippen molar-refractivity contribution in [3.05, 3.63) is 29.6 Å². The Morgan fingerprint density at radius 3 is 2.86 bits per heavy atom. The van der Waals surface area contributed by atoms with Crippen molar-refractivity contribution in [3.8, 4) is 17.3 Å². The first-order valence-electron chi connectivity index (χ1n) is 9.36. The van der Waals surface area contributed by atoms with Crippen LogP contribution in [-0.4, -0.2) is 58.8 Å². The summed E-state index contributed by atoms with van der Waals surface area (Å²) in [6.07, 6.45) is 4.46. The maximum atomic E-state index is 12.4. The normalized spacial score (nSPS) is 13.2. The van der Waals surface area contributed by atoms with Crippen LogP contribution < -0.4 is 15.0 Å². The molecule has 0 bridgehead atoms. The van der Waals surface area contributed by atoms with Gasteiger partial charge in [-0.05, 0) is 39.2 Å². The molecule has 2 aromatic heterocycles. The van der Waals surface area contributed by atoms with Crippen molar-refractivity contribution in [1.29, 1.82) is 0 Å². The van der Waals surface area contributed by atoms with Crippen molar-refractivity contribution in [2.75, 3.05) is 32.2 Å². The fourth-order valence-electron chi connectivity index (χ4n) is 3.25. The van der Waals surface area contributed by atoms with E-state index in [9.17, 15) is 9.90 Å². The molecule has 150 valence electrons. The third-order valence-electron chi connectivity index (χ3n) is 4.72. The van der Waals surface area contributed by atoms with Gasteiger partial charge < -0.3 is 20.1 Å². The maximum Gasteiger partial charge on any atom is 0.240 e. The highest BCUT2D eigenvalue weighted by molar-refractivity contribution is 5.82. The van der Waals surface area contributed by atoms with E-state index in [0.717, 1.165) is 36.3 Å². The van der Waals surface area contributed by atoms with Crippen LogP contribution in [0.3, 0.4) is 0 Å². The number of aliphatic hydroxyl groups excluding tert-OH is 1. The standard InChI is InChI=1S/C20H27N5O3/c1-20(2,12-26)24-17(27)11-25(3)19-14-6-5-7-15(14)22-18(23-19)16-10-13(28-4)8-9-21-16/h8-10,26H,5-7,11-12H2,1-4H3,(H,24,27). The molecule has 0 spiro atoms. The summed E-state index contributed by atoms with van der Waals surface area (Å²) in [4.78, 5) is 28.0. The Bertz CT molecular complexity index is 869. The van der Waals surface area contributed by atoms with Crippen LogP contribution in [0.5, 0.6) is 5.75 Å². The van der Waals surface area contributed by atoms with Crippen LogP contribution in [0.25, 0.3) is 11.5 Å². The van der Waals surface area contributed by atoms with Gasteiger partial charge in [-0.3, -0.25) is 9.78 Å². The maximum absolute atomic E-state index is 12.4. The second kappa shape index (κ2) is 8.10. The summed E-state index contributed by atoms with van der Waals surface area (Å²) in [7, 11) is 3.45. The zero-order valence-electron chi connectivity index (χ0n) is 16.8. The van der Waals surface area contributed by atoms with Gasteiger partial charge in [-0.2, -0.15) is 0 Å². The number of nitrogens with zero attached hydrogens (tertiary/aromatic N) is 4. The van der Waals surface area contributed by atoms with E-state index in [-0.39, 0.29) is 19.1 Å². The number of rotatable bonds is 7. The third-order valence-corrected chi connectivity index (χ3v) is 4.72. The van der Waals surface area contributed by atoms with Gasteiger partial charge in [0.1, 0.15) is 17.3 Å². The lowest BCUT2D eigenvalue weighted by molar-refractivity contribution is -0.121. The molecule has 0 aromatic carbocycles. The molecule has 3 rings (SSSR count). The fraction of sp³-hybridized carbons (Fsp3) is 0.500. The molecule has 2 N–H and O–H groups in total. The van der Waals surface area contributed by atoms with Gasteiger partial charge >= 0.3 is 0 Å². The molecule has 0 unspecified atom stereocenters. The lowest BCUT2D eigenvalue weighted by Gasteiger charge is -2.26. The highest BCUT2D eigenvalue weighted by atomic mass is 16.5. The summed E-state index contributed by atoms with van der Waals surface area (Å²) in [5.74, 6) is 1.79. The van der Waals surface area contributed by atoms with Gasteiger partial charge in [-0.15, -0.1) is 0 Å². The second-order valence-corrected chi connectivity index (χ2v) is 7.68. The summed E-state index contributed by atoms with van der Waals surface area (Å²) in [6, 6.07) is 3.58. The molecule has 2 aromatic rings. The summed E-state index contributed by atoms with van der Waals surface area (Å²) in [5.41, 5.74) is 2.06. The van der Waals surface area contributed by atoms with E-state index in [0.29, 0.717) is 17.3 Å². The van der Waals surface area contributed by atoms with Gasteiger partial charge in [0.25, 0.3) is 0 Å². The largest absolute Gasteiger partial charge is 0.497 e. The molecule has 2 heterocycles. The Morgan fingerprint density at radius 1 is 1.36 bits per heavy atom. The highest BCUT2D eigenvalue weighted by Crippen LogP contribution is 2.31. The number of hydrogen-bond donors (Lipinski definition) is 2. The van der Waals surface area contributed by atoms with Crippen molar-refractivity contribution in [3.63, 3.8) is 0 Å². The number of carbonyl (C=O) groups excluding carboxylic acids is 1. The number of aliphatic hydroxyl groups is 1. The molecule has 1 aliphatic carbocycles. The number of carbonyl (C=O) groups is 1. The topological polar surface area (TPSA) is 100 Å².